The Kier molecular flexibility index (Phi) is 11.7. The molecule has 0 bridgehead atoms. The molecule has 0 N–H and O–H groups in total. The van der Waals surface area contributed by atoms with Gasteiger partial charge >= 0.3 is 11.9 Å². The molecule has 0 aliphatic rings. The summed E-state index contributed by atoms with van der Waals surface area (Å²) in [6, 6.07) is 7.95. The first kappa shape index (κ1) is 27.6. The maximum atomic E-state index is 12.9. The fourth-order valence-electron chi connectivity index (χ4n) is 2.52. The van der Waals surface area contributed by atoms with Gasteiger partial charge in [0, 0.05) is 5.33 Å². The van der Waals surface area contributed by atoms with E-state index in [1.807, 2.05) is 52.0 Å². The van der Waals surface area contributed by atoms with Gasteiger partial charge in [0.1, 0.15) is 18.6 Å². The number of ether oxygens (including phenoxy) is 4. The van der Waals surface area contributed by atoms with E-state index in [2.05, 4.69) is 15.9 Å². The van der Waals surface area contributed by atoms with Gasteiger partial charge in [0.25, 0.3) is 0 Å². The third-order valence-corrected chi connectivity index (χ3v) is 5.69. The number of rotatable bonds is 14. The summed E-state index contributed by atoms with van der Waals surface area (Å²) in [5, 5.41) is 0.529. The largest absolute Gasteiger partial charge is 0.464 e. The van der Waals surface area contributed by atoms with Crippen LogP contribution in [0.2, 0.25) is 0 Å². The molecule has 1 rings (SSSR count). The molecule has 7 heteroatoms. The number of hydrogen-bond donors (Lipinski definition) is 0. The first-order valence-corrected chi connectivity index (χ1v) is 11.9. The van der Waals surface area contributed by atoms with Gasteiger partial charge in [-0.25, -0.2) is 4.79 Å². The van der Waals surface area contributed by atoms with Gasteiger partial charge in [0.05, 0.1) is 19.3 Å². The smallest absolute Gasteiger partial charge is 0.338 e. The third-order valence-electron chi connectivity index (χ3n) is 5.37. The Morgan fingerprint density at radius 3 is 2.23 bits per heavy atom. The van der Waals surface area contributed by atoms with Crippen LogP contribution < -0.4 is 0 Å². The van der Waals surface area contributed by atoms with Crippen molar-refractivity contribution in [3.63, 3.8) is 0 Å². The highest BCUT2D eigenvalue weighted by Crippen LogP contribution is 2.25. The number of hydrogen-bond acceptors (Lipinski definition) is 6. The van der Waals surface area contributed by atoms with E-state index in [0.29, 0.717) is 18.4 Å². The lowest BCUT2D eigenvalue weighted by molar-refractivity contribution is -0.182. The van der Waals surface area contributed by atoms with E-state index in [1.54, 1.807) is 13.8 Å². The van der Waals surface area contributed by atoms with Crippen LogP contribution in [-0.4, -0.2) is 48.8 Å². The minimum atomic E-state index is -1.12. The molecular formula is C24H37BrO6. The van der Waals surface area contributed by atoms with E-state index in [9.17, 15) is 9.59 Å². The number of carbonyl (C=O) groups is 2. The number of alkyl halides is 1. The molecule has 0 aliphatic carbocycles. The highest BCUT2D eigenvalue weighted by Gasteiger charge is 2.41. The lowest BCUT2D eigenvalue weighted by atomic mass is 9.92. The molecule has 0 saturated heterocycles. The van der Waals surface area contributed by atoms with Crippen molar-refractivity contribution < 1.29 is 28.5 Å². The zero-order valence-corrected chi connectivity index (χ0v) is 21.2. The highest BCUT2D eigenvalue weighted by atomic mass is 79.9. The van der Waals surface area contributed by atoms with Gasteiger partial charge < -0.3 is 18.9 Å². The first-order valence-electron chi connectivity index (χ1n) is 10.8. The number of aryl methyl sites for hydroxylation is 1. The summed E-state index contributed by atoms with van der Waals surface area (Å²) in [7, 11) is 0. The van der Waals surface area contributed by atoms with Crippen LogP contribution in [0.3, 0.4) is 0 Å². The molecule has 6 nitrogen and oxygen atoms in total. The summed E-state index contributed by atoms with van der Waals surface area (Å²) in [5.74, 6) is -0.966. The third kappa shape index (κ3) is 8.91. The Labute approximate surface area is 195 Å². The van der Waals surface area contributed by atoms with E-state index < -0.39 is 23.0 Å². The van der Waals surface area contributed by atoms with Crippen LogP contribution in [0.1, 0.15) is 58.6 Å². The van der Waals surface area contributed by atoms with E-state index in [-0.39, 0.29) is 25.9 Å². The second-order valence-electron chi connectivity index (χ2n) is 8.35. The van der Waals surface area contributed by atoms with Crippen molar-refractivity contribution in [1.82, 2.24) is 0 Å². The summed E-state index contributed by atoms with van der Waals surface area (Å²) in [6.07, 6.45) is 1.23. The van der Waals surface area contributed by atoms with Crippen LogP contribution in [0, 0.1) is 12.3 Å². The van der Waals surface area contributed by atoms with Gasteiger partial charge in [-0.05, 0) is 46.1 Å². The van der Waals surface area contributed by atoms with Gasteiger partial charge in [-0.3, -0.25) is 4.79 Å². The molecule has 0 radical (unpaired) electrons. The fraction of sp³-hybridized carbons (Fsp3) is 0.667. The van der Waals surface area contributed by atoms with Crippen molar-refractivity contribution in [2.24, 2.45) is 5.41 Å². The number of carbonyl (C=O) groups excluding carboxylic acids is 2. The number of halogens is 1. The predicted octanol–water partition coefficient (Wildman–Crippen LogP) is 4.98. The molecule has 0 aromatic heterocycles. The molecule has 0 spiro atoms. The van der Waals surface area contributed by atoms with E-state index in [4.69, 9.17) is 18.9 Å². The second-order valence-corrected chi connectivity index (χ2v) is 9.14. The number of benzene rings is 1. The maximum absolute atomic E-state index is 12.9. The average molecular weight is 501 g/mol. The summed E-state index contributed by atoms with van der Waals surface area (Å²) in [5.41, 5.74) is -0.0916. The van der Waals surface area contributed by atoms with Gasteiger partial charge in [-0.1, -0.05) is 59.6 Å². The minimum absolute atomic E-state index is 0.0160. The summed E-state index contributed by atoms with van der Waals surface area (Å²) >= 11 is 3.25. The molecule has 1 aromatic carbocycles. The molecule has 1 aromatic rings. The van der Waals surface area contributed by atoms with Crippen molar-refractivity contribution in [2.75, 3.05) is 25.2 Å². The molecule has 0 amide bonds. The highest BCUT2D eigenvalue weighted by molar-refractivity contribution is 9.09. The standard InChI is InChI=1S/C24H37BrO6/c1-7-19(4)29-16-23(5,21(26)28-14-13-25)17-30-22(27)24(6,8-2)31-15-20-11-9-18(3)10-12-20/h9-12,19H,7-8,13-17H2,1-6H3. The molecule has 3 atom stereocenters. The van der Waals surface area contributed by atoms with Crippen LogP contribution in [0.5, 0.6) is 0 Å². The van der Waals surface area contributed by atoms with Gasteiger partial charge in [0.15, 0.2) is 5.60 Å². The van der Waals surface area contributed by atoms with Gasteiger partial charge in [0.2, 0.25) is 0 Å². The Hall–Kier alpha value is -1.44. The quantitative estimate of drug-likeness (QED) is 0.265. The monoisotopic (exact) mass is 500 g/mol. The lowest BCUT2D eigenvalue weighted by Gasteiger charge is -2.31. The van der Waals surface area contributed by atoms with Gasteiger partial charge in [-0.2, -0.15) is 0 Å². The Morgan fingerprint density at radius 1 is 1.03 bits per heavy atom. The maximum Gasteiger partial charge on any atom is 0.338 e. The Bertz CT molecular complexity index is 692. The van der Waals surface area contributed by atoms with Crippen LogP contribution in [-0.2, 0) is 35.1 Å². The van der Waals surface area contributed by atoms with Crippen LogP contribution in [0.4, 0.5) is 0 Å². The zero-order chi connectivity index (χ0) is 23.5. The zero-order valence-electron chi connectivity index (χ0n) is 19.7. The summed E-state index contributed by atoms with van der Waals surface area (Å²) in [4.78, 5) is 25.6. The first-order chi connectivity index (χ1) is 14.6. The van der Waals surface area contributed by atoms with Crippen molar-refractivity contribution in [1.29, 1.82) is 0 Å². The van der Waals surface area contributed by atoms with Crippen molar-refractivity contribution >= 4 is 27.9 Å². The molecule has 0 saturated carbocycles. The average Bonchev–Trinajstić information content (AvgIpc) is 2.78. The molecular weight excluding hydrogens is 464 g/mol. The predicted molar refractivity (Wildman–Crippen MR) is 124 cm³/mol. The normalized spacial score (nSPS) is 16.1. The topological polar surface area (TPSA) is 71.1 Å². The lowest BCUT2D eigenvalue weighted by Crippen LogP contribution is -2.45. The molecule has 176 valence electrons. The molecule has 0 heterocycles. The van der Waals surface area contributed by atoms with Crippen LogP contribution in [0.25, 0.3) is 0 Å². The van der Waals surface area contributed by atoms with Crippen molar-refractivity contribution in [2.45, 2.75) is 72.7 Å². The number of esters is 2. The fourth-order valence-corrected chi connectivity index (χ4v) is 2.68. The summed E-state index contributed by atoms with van der Waals surface area (Å²) in [6.45, 7) is 11.7. The van der Waals surface area contributed by atoms with Crippen LogP contribution in [0.15, 0.2) is 24.3 Å². The summed E-state index contributed by atoms with van der Waals surface area (Å²) < 4.78 is 22.6. The molecule has 3 unspecified atom stereocenters. The minimum Gasteiger partial charge on any atom is -0.464 e. The SMILES string of the molecule is CCC(C)OCC(C)(COC(=O)C(C)(CC)OCc1ccc(C)cc1)C(=O)OCCBr. The Balaban J connectivity index is 2.80. The van der Waals surface area contributed by atoms with Crippen molar-refractivity contribution in [3.8, 4) is 0 Å². The van der Waals surface area contributed by atoms with Crippen LogP contribution >= 0.6 is 15.9 Å². The molecule has 0 fully saturated rings. The molecule has 31 heavy (non-hydrogen) atoms. The second kappa shape index (κ2) is 13.2. The van der Waals surface area contributed by atoms with Gasteiger partial charge in [-0.15, -0.1) is 0 Å². The van der Waals surface area contributed by atoms with E-state index in [1.165, 1.54) is 0 Å². The van der Waals surface area contributed by atoms with Crippen molar-refractivity contribution in [3.05, 3.63) is 35.4 Å². The van der Waals surface area contributed by atoms with E-state index >= 15 is 0 Å². The Morgan fingerprint density at radius 2 is 1.68 bits per heavy atom. The molecule has 0 aliphatic heterocycles. The van der Waals surface area contributed by atoms with E-state index in [0.717, 1.165) is 17.5 Å².